The Kier molecular flexibility index (Phi) is 5.21. The van der Waals surface area contributed by atoms with E-state index >= 15 is 0 Å². The molecule has 94 valence electrons. The molecular weight excluding hydrogens is 212 g/mol. The normalized spacial score (nSPS) is 34.9. The molecule has 1 rings (SSSR count). The van der Waals surface area contributed by atoms with Crippen LogP contribution in [0.1, 0.15) is 0 Å². The van der Waals surface area contributed by atoms with Crippen LogP contribution in [0.25, 0.3) is 0 Å². The third-order valence-electron chi connectivity index (χ3n) is 2.74. The first-order valence-electron chi connectivity index (χ1n) is 5.12. The molecule has 0 bridgehead atoms. The van der Waals surface area contributed by atoms with E-state index in [9.17, 15) is 0 Å². The van der Waals surface area contributed by atoms with Gasteiger partial charge in [-0.3, -0.25) is 0 Å². The third-order valence-corrected chi connectivity index (χ3v) is 2.74. The van der Waals surface area contributed by atoms with E-state index in [1.807, 2.05) is 0 Å². The molecule has 0 spiro atoms. The fourth-order valence-corrected chi connectivity index (χ4v) is 2.00. The highest BCUT2D eigenvalue weighted by atomic mass is 16.6. The van der Waals surface area contributed by atoms with Gasteiger partial charge in [0.25, 0.3) is 0 Å². The van der Waals surface area contributed by atoms with Crippen molar-refractivity contribution in [3.05, 3.63) is 12.3 Å². The Labute approximate surface area is 96.3 Å². The topological polar surface area (TPSA) is 46.2 Å². The Hall–Kier alpha value is -0.620. The van der Waals surface area contributed by atoms with E-state index in [0.29, 0.717) is 12.4 Å². The van der Waals surface area contributed by atoms with Crippen molar-refractivity contribution in [1.82, 2.24) is 0 Å². The van der Waals surface area contributed by atoms with Crippen LogP contribution in [0, 0.1) is 0 Å². The standard InChI is InChI=1S/C11H20O5/c1-7-9(13-3)11(15-5)10(14-4)8(16-7)6-12-2/h8-11H,1,6H2,2-5H3. The summed E-state index contributed by atoms with van der Waals surface area (Å²) in [4.78, 5) is 0. The summed E-state index contributed by atoms with van der Waals surface area (Å²) in [5, 5.41) is 0. The molecule has 5 nitrogen and oxygen atoms in total. The van der Waals surface area contributed by atoms with E-state index < -0.39 is 0 Å². The Morgan fingerprint density at radius 2 is 1.69 bits per heavy atom. The molecule has 1 saturated heterocycles. The molecule has 0 aromatic rings. The molecule has 0 radical (unpaired) electrons. The smallest absolute Gasteiger partial charge is 0.150 e. The van der Waals surface area contributed by atoms with E-state index in [-0.39, 0.29) is 24.4 Å². The first-order valence-corrected chi connectivity index (χ1v) is 5.12. The van der Waals surface area contributed by atoms with Crippen molar-refractivity contribution in [3.63, 3.8) is 0 Å². The molecule has 1 heterocycles. The Morgan fingerprint density at radius 3 is 2.12 bits per heavy atom. The molecule has 1 aliphatic rings. The zero-order valence-corrected chi connectivity index (χ0v) is 10.3. The zero-order valence-electron chi connectivity index (χ0n) is 10.3. The first-order chi connectivity index (χ1) is 7.69. The van der Waals surface area contributed by atoms with Crippen LogP contribution < -0.4 is 0 Å². The maximum Gasteiger partial charge on any atom is 0.150 e. The molecule has 0 aromatic carbocycles. The highest BCUT2D eigenvalue weighted by Crippen LogP contribution is 2.28. The number of hydrogen-bond acceptors (Lipinski definition) is 5. The van der Waals surface area contributed by atoms with Crippen molar-refractivity contribution in [2.75, 3.05) is 35.0 Å². The summed E-state index contributed by atoms with van der Waals surface area (Å²) < 4.78 is 26.8. The average molecular weight is 232 g/mol. The fourth-order valence-electron chi connectivity index (χ4n) is 2.00. The number of hydrogen-bond donors (Lipinski definition) is 0. The van der Waals surface area contributed by atoms with Gasteiger partial charge in [0.15, 0.2) is 6.10 Å². The van der Waals surface area contributed by atoms with E-state index in [4.69, 9.17) is 23.7 Å². The highest BCUT2D eigenvalue weighted by molar-refractivity contribution is 5.07. The van der Waals surface area contributed by atoms with Gasteiger partial charge in [-0.2, -0.15) is 0 Å². The average Bonchev–Trinajstić information content (AvgIpc) is 2.28. The third kappa shape index (κ3) is 2.55. The van der Waals surface area contributed by atoms with Gasteiger partial charge in [-0.15, -0.1) is 0 Å². The van der Waals surface area contributed by atoms with Crippen LogP contribution in [0.4, 0.5) is 0 Å². The molecule has 0 saturated carbocycles. The molecule has 1 aliphatic heterocycles. The Bertz CT molecular complexity index is 230. The fraction of sp³-hybridized carbons (Fsp3) is 0.818. The van der Waals surface area contributed by atoms with Crippen LogP contribution in [0.5, 0.6) is 0 Å². The second-order valence-corrected chi connectivity index (χ2v) is 3.63. The second-order valence-electron chi connectivity index (χ2n) is 3.63. The summed E-state index contributed by atoms with van der Waals surface area (Å²) in [6.45, 7) is 4.25. The van der Waals surface area contributed by atoms with Crippen LogP contribution in [-0.2, 0) is 23.7 Å². The van der Waals surface area contributed by atoms with Crippen molar-refractivity contribution in [2.24, 2.45) is 0 Å². The quantitative estimate of drug-likeness (QED) is 0.694. The van der Waals surface area contributed by atoms with Crippen LogP contribution in [0.15, 0.2) is 12.3 Å². The predicted molar refractivity (Wildman–Crippen MR) is 58.3 cm³/mol. The Balaban J connectivity index is 2.83. The van der Waals surface area contributed by atoms with Gasteiger partial charge in [0, 0.05) is 28.4 Å². The minimum Gasteiger partial charge on any atom is -0.487 e. The second kappa shape index (κ2) is 6.20. The summed E-state index contributed by atoms with van der Waals surface area (Å²) in [5.74, 6) is 0.546. The van der Waals surface area contributed by atoms with Crippen molar-refractivity contribution in [3.8, 4) is 0 Å². The maximum atomic E-state index is 5.62. The van der Waals surface area contributed by atoms with Gasteiger partial charge in [-0.1, -0.05) is 6.58 Å². The molecule has 4 unspecified atom stereocenters. The summed E-state index contributed by atoms with van der Waals surface area (Å²) in [7, 11) is 6.44. The lowest BCUT2D eigenvalue weighted by atomic mass is 9.98. The lowest BCUT2D eigenvalue weighted by molar-refractivity contribution is -0.192. The number of rotatable bonds is 5. The van der Waals surface area contributed by atoms with E-state index in [0.717, 1.165) is 0 Å². The van der Waals surface area contributed by atoms with Crippen LogP contribution >= 0.6 is 0 Å². The zero-order chi connectivity index (χ0) is 12.1. The summed E-state index contributed by atoms with van der Waals surface area (Å²) >= 11 is 0. The van der Waals surface area contributed by atoms with Gasteiger partial charge >= 0.3 is 0 Å². The van der Waals surface area contributed by atoms with Crippen molar-refractivity contribution >= 4 is 0 Å². The van der Waals surface area contributed by atoms with Crippen molar-refractivity contribution in [2.45, 2.75) is 24.4 Å². The molecular formula is C11H20O5. The van der Waals surface area contributed by atoms with Gasteiger partial charge in [0.1, 0.15) is 24.1 Å². The predicted octanol–water partition coefficient (Wildman–Crippen LogP) is 0.590. The molecule has 1 fully saturated rings. The Morgan fingerprint density at radius 1 is 1.06 bits per heavy atom. The molecule has 5 heteroatoms. The van der Waals surface area contributed by atoms with Crippen LogP contribution in [0.3, 0.4) is 0 Å². The maximum absolute atomic E-state index is 5.62. The van der Waals surface area contributed by atoms with Crippen LogP contribution in [-0.4, -0.2) is 59.5 Å². The van der Waals surface area contributed by atoms with Crippen molar-refractivity contribution < 1.29 is 23.7 Å². The van der Waals surface area contributed by atoms with Gasteiger partial charge in [-0.05, 0) is 0 Å². The summed E-state index contributed by atoms with van der Waals surface area (Å²) in [6, 6.07) is 0. The van der Waals surface area contributed by atoms with E-state index in [1.54, 1.807) is 28.4 Å². The minimum atomic E-state index is -0.317. The van der Waals surface area contributed by atoms with Gasteiger partial charge < -0.3 is 23.7 Å². The molecule has 0 aliphatic carbocycles. The van der Waals surface area contributed by atoms with Gasteiger partial charge in [-0.25, -0.2) is 0 Å². The molecule has 0 amide bonds. The van der Waals surface area contributed by atoms with E-state index in [2.05, 4.69) is 6.58 Å². The highest BCUT2D eigenvalue weighted by Gasteiger charge is 2.44. The number of methoxy groups -OCH3 is 4. The minimum absolute atomic E-state index is 0.223. The SMILES string of the molecule is C=C1OC(COC)C(OC)C(OC)C1OC. The lowest BCUT2D eigenvalue weighted by Gasteiger charge is -2.41. The van der Waals surface area contributed by atoms with E-state index in [1.165, 1.54) is 0 Å². The number of ether oxygens (including phenoxy) is 5. The summed E-state index contributed by atoms with van der Waals surface area (Å²) in [5.41, 5.74) is 0. The molecule has 4 atom stereocenters. The molecule has 0 N–H and O–H groups in total. The van der Waals surface area contributed by atoms with Gasteiger partial charge in [0.05, 0.1) is 6.61 Å². The summed E-state index contributed by atoms with van der Waals surface area (Å²) in [6.07, 6.45) is -1.02. The van der Waals surface area contributed by atoms with Crippen LogP contribution in [0.2, 0.25) is 0 Å². The molecule has 0 aromatic heterocycles. The lowest BCUT2D eigenvalue weighted by Crippen LogP contribution is -2.55. The largest absolute Gasteiger partial charge is 0.487 e. The van der Waals surface area contributed by atoms with Crippen molar-refractivity contribution in [1.29, 1.82) is 0 Å². The molecule has 16 heavy (non-hydrogen) atoms. The monoisotopic (exact) mass is 232 g/mol. The first kappa shape index (κ1) is 13.4. The van der Waals surface area contributed by atoms with Gasteiger partial charge in [0.2, 0.25) is 0 Å².